The number of amides is 1. The normalized spacial score (nSPS) is 14.0. The second-order valence-electron chi connectivity index (χ2n) is 6.85. The van der Waals surface area contributed by atoms with Gasteiger partial charge in [0.25, 0.3) is 5.91 Å². The molecule has 3 heterocycles. The molecule has 0 atom stereocenters. The molecule has 1 amide bonds. The third kappa shape index (κ3) is 2.56. The zero-order valence-electron chi connectivity index (χ0n) is 14.3. The molecule has 0 saturated heterocycles. The van der Waals surface area contributed by atoms with E-state index >= 15 is 0 Å². The van der Waals surface area contributed by atoms with Gasteiger partial charge in [0, 0.05) is 23.9 Å². The van der Waals surface area contributed by atoms with Crippen LogP contribution in [0.2, 0.25) is 0 Å². The molecule has 0 spiro atoms. The average Bonchev–Trinajstić information content (AvgIpc) is 2.61. The summed E-state index contributed by atoms with van der Waals surface area (Å²) in [6.45, 7) is 11.1. The smallest absolute Gasteiger partial charge is 0.259 e. The van der Waals surface area contributed by atoms with E-state index in [9.17, 15) is 4.79 Å². The maximum absolute atomic E-state index is 12.6. The SMILES string of the molecule is CCN1c2ncccc2C(=O)Nc2c(C)cc(C(C)(C)C)nc21. The third-order valence-electron chi connectivity index (χ3n) is 4.06. The summed E-state index contributed by atoms with van der Waals surface area (Å²) in [6, 6.07) is 5.63. The first kappa shape index (κ1) is 15.5. The first-order valence-electron chi connectivity index (χ1n) is 7.89. The lowest BCUT2D eigenvalue weighted by molar-refractivity contribution is 0.102. The van der Waals surface area contributed by atoms with Gasteiger partial charge in [-0.1, -0.05) is 20.8 Å². The van der Waals surface area contributed by atoms with E-state index < -0.39 is 0 Å². The van der Waals surface area contributed by atoms with Crippen molar-refractivity contribution in [3.8, 4) is 0 Å². The zero-order chi connectivity index (χ0) is 16.8. The van der Waals surface area contributed by atoms with Crippen LogP contribution in [-0.4, -0.2) is 22.4 Å². The second kappa shape index (κ2) is 5.33. The highest BCUT2D eigenvalue weighted by molar-refractivity contribution is 6.11. The second-order valence-corrected chi connectivity index (χ2v) is 6.85. The van der Waals surface area contributed by atoms with Crippen molar-refractivity contribution in [1.29, 1.82) is 0 Å². The molecule has 0 unspecified atom stereocenters. The Morgan fingerprint density at radius 3 is 2.65 bits per heavy atom. The number of pyridine rings is 2. The summed E-state index contributed by atoms with van der Waals surface area (Å²) in [5.74, 6) is 1.28. The highest BCUT2D eigenvalue weighted by Gasteiger charge is 2.29. The topological polar surface area (TPSA) is 58.1 Å². The van der Waals surface area contributed by atoms with Crippen molar-refractivity contribution in [2.24, 2.45) is 0 Å². The molecular formula is C18H22N4O. The number of anilines is 3. The first-order chi connectivity index (χ1) is 10.8. The molecule has 23 heavy (non-hydrogen) atoms. The highest BCUT2D eigenvalue weighted by Crippen LogP contribution is 2.38. The van der Waals surface area contributed by atoms with Crippen LogP contribution in [0.1, 0.15) is 49.3 Å². The Balaban J connectivity index is 2.29. The van der Waals surface area contributed by atoms with Gasteiger partial charge in [0.1, 0.15) is 5.82 Å². The standard InChI is InChI=1S/C18H22N4O/c1-6-22-15-12(8-7-9-19-15)17(23)21-14-11(2)10-13(18(3,4)5)20-16(14)22/h7-10H,6H2,1-5H3,(H,21,23). The molecular weight excluding hydrogens is 288 g/mol. The molecule has 0 radical (unpaired) electrons. The number of nitrogens with one attached hydrogen (secondary N) is 1. The minimum Gasteiger partial charge on any atom is -0.318 e. The molecule has 5 heteroatoms. The summed E-state index contributed by atoms with van der Waals surface area (Å²) >= 11 is 0. The summed E-state index contributed by atoms with van der Waals surface area (Å²) in [5, 5.41) is 3.01. The van der Waals surface area contributed by atoms with Crippen molar-refractivity contribution in [2.75, 3.05) is 16.8 Å². The fourth-order valence-electron chi connectivity index (χ4n) is 2.76. The van der Waals surface area contributed by atoms with E-state index in [4.69, 9.17) is 4.98 Å². The minimum absolute atomic E-state index is 0.0670. The maximum Gasteiger partial charge on any atom is 0.259 e. The minimum atomic E-state index is -0.140. The third-order valence-corrected chi connectivity index (χ3v) is 4.06. The summed E-state index contributed by atoms with van der Waals surface area (Å²) in [5.41, 5.74) is 3.29. The van der Waals surface area contributed by atoms with Crippen molar-refractivity contribution >= 4 is 23.2 Å². The van der Waals surface area contributed by atoms with E-state index in [1.165, 1.54) is 0 Å². The van der Waals surface area contributed by atoms with Crippen LogP contribution in [0, 0.1) is 6.92 Å². The molecule has 3 rings (SSSR count). The number of rotatable bonds is 1. The van der Waals surface area contributed by atoms with Gasteiger partial charge in [0.15, 0.2) is 5.82 Å². The lowest BCUT2D eigenvalue weighted by Crippen LogP contribution is -2.22. The molecule has 0 fully saturated rings. The van der Waals surface area contributed by atoms with Gasteiger partial charge in [-0.15, -0.1) is 0 Å². The summed E-state index contributed by atoms with van der Waals surface area (Å²) < 4.78 is 0. The number of carbonyl (C=O) groups excluding carboxylic acids is 1. The fourth-order valence-corrected chi connectivity index (χ4v) is 2.76. The number of nitrogens with zero attached hydrogens (tertiary/aromatic N) is 3. The Bertz CT molecular complexity index is 777. The van der Waals surface area contributed by atoms with E-state index in [0.717, 1.165) is 22.8 Å². The van der Waals surface area contributed by atoms with Gasteiger partial charge in [-0.3, -0.25) is 4.79 Å². The van der Waals surface area contributed by atoms with Gasteiger partial charge in [0.2, 0.25) is 0 Å². The zero-order valence-corrected chi connectivity index (χ0v) is 14.3. The summed E-state index contributed by atoms with van der Waals surface area (Å²) in [6.07, 6.45) is 1.71. The monoisotopic (exact) mass is 310 g/mol. The molecule has 120 valence electrons. The first-order valence-corrected chi connectivity index (χ1v) is 7.89. The van der Waals surface area contributed by atoms with Gasteiger partial charge in [-0.05, 0) is 37.6 Å². The van der Waals surface area contributed by atoms with Crippen molar-refractivity contribution < 1.29 is 4.79 Å². The molecule has 1 aliphatic rings. The van der Waals surface area contributed by atoms with Gasteiger partial charge in [-0.25, -0.2) is 9.97 Å². The maximum atomic E-state index is 12.6. The largest absolute Gasteiger partial charge is 0.318 e. The number of hydrogen-bond acceptors (Lipinski definition) is 4. The van der Waals surface area contributed by atoms with Crippen LogP contribution in [-0.2, 0) is 5.41 Å². The molecule has 0 bridgehead atoms. The summed E-state index contributed by atoms with van der Waals surface area (Å²) in [7, 11) is 0. The van der Waals surface area contributed by atoms with E-state index in [2.05, 4.69) is 37.1 Å². The average molecular weight is 310 g/mol. The van der Waals surface area contributed by atoms with Crippen LogP contribution in [0.3, 0.4) is 0 Å². The molecule has 0 aliphatic carbocycles. The Kier molecular flexibility index (Phi) is 3.59. The number of fused-ring (bicyclic) bond motifs is 2. The van der Waals surface area contributed by atoms with E-state index in [1.54, 1.807) is 18.3 Å². The van der Waals surface area contributed by atoms with Gasteiger partial charge in [-0.2, -0.15) is 0 Å². The molecule has 0 aromatic carbocycles. The number of aromatic nitrogens is 2. The molecule has 0 saturated carbocycles. The van der Waals surface area contributed by atoms with Gasteiger partial charge >= 0.3 is 0 Å². The van der Waals surface area contributed by atoms with Gasteiger partial charge < -0.3 is 10.2 Å². The molecule has 2 aromatic heterocycles. The molecule has 2 aromatic rings. The number of carbonyl (C=O) groups is 1. The lowest BCUT2D eigenvalue weighted by Gasteiger charge is -2.26. The van der Waals surface area contributed by atoms with Crippen LogP contribution in [0.5, 0.6) is 0 Å². The van der Waals surface area contributed by atoms with Crippen LogP contribution in [0.25, 0.3) is 0 Å². The van der Waals surface area contributed by atoms with E-state index in [1.807, 2.05) is 18.7 Å². The predicted octanol–water partition coefficient (Wildman–Crippen LogP) is 3.81. The molecule has 1 N–H and O–H groups in total. The van der Waals surface area contributed by atoms with Crippen molar-refractivity contribution in [2.45, 2.75) is 40.0 Å². The van der Waals surface area contributed by atoms with Crippen molar-refractivity contribution in [1.82, 2.24) is 9.97 Å². The summed E-state index contributed by atoms with van der Waals surface area (Å²) in [4.78, 5) is 23.9. The Morgan fingerprint density at radius 2 is 2.00 bits per heavy atom. The number of aryl methyl sites for hydroxylation is 1. The Labute approximate surface area is 136 Å². The van der Waals surface area contributed by atoms with Crippen LogP contribution < -0.4 is 10.2 Å². The van der Waals surface area contributed by atoms with Crippen molar-refractivity contribution in [3.05, 3.63) is 41.2 Å². The van der Waals surface area contributed by atoms with Gasteiger partial charge in [0.05, 0.1) is 11.3 Å². The van der Waals surface area contributed by atoms with Crippen LogP contribution in [0.4, 0.5) is 17.3 Å². The number of hydrogen-bond donors (Lipinski definition) is 1. The van der Waals surface area contributed by atoms with E-state index in [0.29, 0.717) is 17.9 Å². The Morgan fingerprint density at radius 1 is 1.26 bits per heavy atom. The fraction of sp³-hybridized carbons (Fsp3) is 0.389. The van der Waals surface area contributed by atoms with Crippen LogP contribution >= 0.6 is 0 Å². The van der Waals surface area contributed by atoms with E-state index in [-0.39, 0.29) is 11.3 Å². The quantitative estimate of drug-likeness (QED) is 0.870. The van der Waals surface area contributed by atoms with Crippen LogP contribution in [0.15, 0.2) is 24.4 Å². The molecule has 5 nitrogen and oxygen atoms in total. The Hall–Kier alpha value is -2.43. The highest BCUT2D eigenvalue weighted by atomic mass is 16.1. The molecule has 1 aliphatic heterocycles. The lowest BCUT2D eigenvalue weighted by atomic mass is 9.90. The predicted molar refractivity (Wildman–Crippen MR) is 92.5 cm³/mol. The van der Waals surface area contributed by atoms with Crippen molar-refractivity contribution in [3.63, 3.8) is 0 Å².